The van der Waals surface area contributed by atoms with Crippen LogP contribution in [0, 0.1) is 0 Å². The Kier molecular flexibility index (Phi) is 2.40. The Morgan fingerprint density at radius 2 is 2.12 bits per heavy atom. The number of carbonyl (C=O) groups is 1. The van der Waals surface area contributed by atoms with E-state index in [0.29, 0.717) is 12.8 Å². The van der Waals surface area contributed by atoms with Crippen molar-refractivity contribution < 1.29 is 14.3 Å². The van der Waals surface area contributed by atoms with Gasteiger partial charge in [0.25, 0.3) is 0 Å². The number of fused-ring (bicyclic) bond motifs is 1. The van der Waals surface area contributed by atoms with E-state index in [1.165, 1.54) is 0 Å². The van der Waals surface area contributed by atoms with Crippen LogP contribution < -0.4 is 20.5 Å². The fraction of sp³-hybridized carbons (Fsp3) is 0.417. The van der Waals surface area contributed by atoms with E-state index in [9.17, 15) is 4.79 Å². The summed E-state index contributed by atoms with van der Waals surface area (Å²) in [7, 11) is 0. The van der Waals surface area contributed by atoms with Gasteiger partial charge in [-0.15, -0.1) is 0 Å². The van der Waals surface area contributed by atoms with Gasteiger partial charge in [-0.2, -0.15) is 0 Å². The minimum absolute atomic E-state index is 0.0481. The topological polar surface area (TPSA) is 73.6 Å². The molecular weight excluding hydrogens is 220 g/mol. The standard InChI is InChI=1S/C12H14N2O3/c13-8-2-4-11(15)14-12(8)7-1-3-9-10(5-7)17-6-16-9/h1,3,5,8,12H,2,4,6,13H2,(H,14,15). The van der Waals surface area contributed by atoms with Crippen LogP contribution in [0.25, 0.3) is 0 Å². The second-order valence-electron chi connectivity index (χ2n) is 4.36. The molecule has 1 aromatic carbocycles. The highest BCUT2D eigenvalue weighted by Crippen LogP contribution is 2.35. The molecule has 0 aliphatic carbocycles. The average molecular weight is 234 g/mol. The Balaban J connectivity index is 1.90. The minimum Gasteiger partial charge on any atom is -0.454 e. The fourth-order valence-corrected chi connectivity index (χ4v) is 2.25. The zero-order valence-electron chi connectivity index (χ0n) is 9.31. The highest BCUT2D eigenvalue weighted by atomic mass is 16.7. The van der Waals surface area contributed by atoms with Crippen LogP contribution in [0.15, 0.2) is 18.2 Å². The molecule has 0 spiro atoms. The second kappa shape index (κ2) is 3.92. The van der Waals surface area contributed by atoms with Gasteiger partial charge < -0.3 is 20.5 Å². The van der Waals surface area contributed by atoms with E-state index < -0.39 is 0 Å². The number of rotatable bonds is 1. The largest absolute Gasteiger partial charge is 0.454 e. The average Bonchev–Trinajstić information content (AvgIpc) is 2.79. The number of nitrogens with two attached hydrogens (primary N) is 1. The molecule has 5 nitrogen and oxygen atoms in total. The third-order valence-corrected chi connectivity index (χ3v) is 3.21. The number of nitrogens with one attached hydrogen (secondary N) is 1. The van der Waals surface area contributed by atoms with Crippen molar-refractivity contribution in [2.75, 3.05) is 6.79 Å². The Morgan fingerprint density at radius 1 is 1.29 bits per heavy atom. The second-order valence-corrected chi connectivity index (χ2v) is 4.36. The Hall–Kier alpha value is -1.75. The fourth-order valence-electron chi connectivity index (χ4n) is 2.25. The number of carbonyl (C=O) groups excluding carboxylic acids is 1. The summed E-state index contributed by atoms with van der Waals surface area (Å²) in [5, 5.41) is 2.91. The van der Waals surface area contributed by atoms with Gasteiger partial charge in [0.1, 0.15) is 0 Å². The van der Waals surface area contributed by atoms with Crippen molar-refractivity contribution >= 4 is 5.91 Å². The molecule has 1 amide bonds. The van der Waals surface area contributed by atoms with Crippen molar-refractivity contribution in [2.24, 2.45) is 5.73 Å². The van der Waals surface area contributed by atoms with Crippen molar-refractivity contribution in [3.05, 3.63) is 23.8 Å². The molecule has 2 heterocycles. The maximum Gasteiger partial charge on any atom is 0.231 e. The monoisotopic (exact) mass is 234 g/mol. The predicted molar refractivity (Wildman–Crippen MR) is 60.7 cm³/mol. The van der Waals surface area contributed by atoms with Crippen molar-refractivity contribution in [3.63, 3.8) is 0 Å². The first-order chi connectivity index (χ1) is 8.24. The molecular formula is C12H14N2O3. The van der Waals surface area contributed by atoms with Gasteiger partial charge in [-0.25, -0.2) is 0 Å². The molecule has 1 saturated heterocycles. The van der Waals surface area contributed by atoms with Gasteiger partial charge in [0.2, 0.25) is 12.7 Å². The molecule has 17 heavy (non-hydrogen) atoms. The Morgan fingerprint density at radius 3 is 3.00 bits per heavy atom. The number of benzene rings is 1. The lowest BCUT2D eigenvalue weighted by atomic mass is 9.92. The highest BCUT2D eigenvalue weighted by molar-refractivity contribution is 5.77. The summed E-state index contributed by atoms with van der Waals surface area (Å²) < 4.78 is 10.6. The first-order valence-electron chi connectivity index (χ1n) is 5.68. The van der Waals surface area contributed by atoms with Crippen LogP contribution in [0.4, 0.5) is 0 Å². The van der Waals surface area contributed by atoms with Gasteiger partial charge in [0, 0.05) is 12.5 Å². The predicted octanol–water partition coefficient (Wildman–Crippen LogP) is 0.694. The number of piperidine rings is 1. The molecule has 0 radical (unpaired) electrons. The Bertz CT molecular complexity index is 461. The zero-order valence-corrected chi connectivity index (χ0v) is 9.31. The van der Waals surface area contributed by atoms with Crippen LogP contribution in [0.1, 0.15) is 24.4 Å². The normalized spacial score (nSPS) is 26.8. The molecule has 3 N–H and O–H groups in total. The summed E-state index contributed by atoms with van der Waals surface area (Å²) in [6.45, 7) is 0.252. The summed E-state index contributed by atoms with van der Waals surface area (Å²) in [6.07, 6.45) is 1.22. The maximum absolute atomic E-state index is 11.4. The Labute approximate surface area is 98.9 Å². The van der Waals surface area contributed by atoms with Crippen molar-refractivity contribution in [2.45, 2.75) is 24.9 Å². The lowest BCUT2D eigenvalue weighted by Crippen LogP contribution is -2.45. The van der Waals surface area contributed by atoms with E-state index in [-0.39, 0.29) is 24.8 Å². The maximum atomic E-state index is 11.4. The van der Waals surface area contributed by atoms with E-state index in [0.717, 1.165) is 17.1 Å². The van der Waals surface area contributed by atoms with Crippen molar-refractivity contribution in [1.82, 2.24) is 5.32 Å². The first kappa shape index (κ1) is 10.4. The van der Waals surface area contributed by atoms with Crippen LogP contribution in [0.5, 0.6) is 11.5 Å². The van der Waals surface area contributed by atoms with Gasteiger partial charge in [-0.1, -0.05) is 6.07 Å². The van der Waals surface area contributed by atoms with Gasteiger partial charge in [-0.05, 0) is 24.1 Å². The number of ether oxygens (including phenoxy) is 2. The van der Waals surface area contributed by atoms with Gasteiger partial charge in [0.15, 0.2) is 11.5 Å². The van der Waals surface area contributed by atoms with Crippen LogP contribution in [0.2, 0.25) is 0 Å². The van der Waals surface area contributed by atoms with E-state index in [4.69, 9.17) is 15.2 Å². The summed E-state index contributed by atoms with van der Waals surface area (Å²) >= 11 is 0. The van der Waals surface area contributed by atoms with Crippen molar-refractivity contribution in [1.29, 1.82) is 0 Å². The summed E-state index contributed by atoms with van der Waals surface area (Å²) in [5.41, 5.74) is 7.00. The molecule has 90 valence electrons. The molecule has 2 atom stereocenters. The molecule has 2 unspecified atom stereocenters. The third-order valence-electron chi connectivity index (χ3n) is 3.21. The minimum atomic E-state index is -0.134. The quantitative estimate of drug-likeness (QED) is 0.750. The van der Waals surface area contributed by atoms with Crippen LogP contribution in [0.3, 0.4) is 0 Å². The van der Waals surface area contributed by atoms with E-state index >= 15 is 0 Å². The molecule has 1 fully saturated rings. The number of hydrogen-bond acceptors (Lipinski definition) is 4. The summed E-state index contributed by atoms with van der Waals surface area (Å²) in [6, 6.07) is 5.48. The van der Waals surface area contributed by atoms with Gasteiger partial charge in [0.05, 0.1) is 6.04 Å². The van der Waals surface area contributed by atoms with Crippen molar-refractivity contribution in [3.8, 4) is 11.5 Å². The molecule has 2 aliphatic rings. The lowest BCUT2D eigenvalue weighted by molar-refractivity contribution is -0.123. The molecule has 3 rings (SSSR count). The molecule has 0 bridgehead atoms. The van der Waals surface area contributed by atoms with E-state index in [1.54, 1.807) is 0 Å². The lowest BCUT2D eigenvalue weighted by Gasteiger charge is -2.29. The van der Waals surface area contributed by atoms with Gasteiger partial charge >= 0.3 is 0 Å². The zero-order chi connectivity index (χ0) is 11.8. The van der Waals surface area contributed by atoms with Crippen LogP contribution in [-0.2, 0) is 4.79 Å². The van der Waals surface area contributed by atoms with E-state index in [1.807, 2.05) is 18.2 Å². The molecule has 1 aromatic rings. The smallest absolute Gasteiger partial charge is 0.231 e. The number of amides is 1. The number of hydrogen-bond donors (Lipinski definition) is 2. The molecule has 5 heteroatoms. The summed E-state index contributed by atoms with van der Waals surface area (Å²) in [4.78, 5) is 11.4. The molecule has 0 aromatic heterocycles. The SMILES string of the molecule is NC1CCC(=O)NC1c1ccc2c(c1)OCO2. The molecule has 0 saturated carbocycles. The molecule has 2 aliphatic heterocycles. The van der Waals surface area contributed by atoms with Gasteiger partial charge in [-0.3, -0.25) is 4.79 Å². The third kappa shape index (κ3) is 1.82. The van der Waals surface area contributed by atoms with E-state index in [2.05, 4.69) is 5.32 Å². The summed E-state index contributed by atoms with van der Waals surface area (Å²) in [5.74, 6) is 1.51. The first-order valence-corrected chi connectivity index (χ1v) is 5.68. The highest BCUT2D eigenvalue weighted by Gasteiger charge is 2.28. The van der Waals surface area contributed by atoms with Crippen LogP contribution in [-0.4, -0.2) is 18.7 Å². The van der Waals surface area contributed by atoms with Crippen LogP contribution >= 0.6 is 0 Å².